The van der Waals surface area contributed by atoms with Gasteiger partial charge in [0.15, 0.2) is 0 Å². The Hall–Kier alpha value is -2.82. The SMILES string of the molecule is CC[C@H](C)NC(=O)c1ccc(NC(=O)Nc2ccccc2)cc1. The van der Waals surface area contributed by atoms with Crippen molar-refractivity contribution in [3.8, 4) is 0 Å². The fraction of sp³-hybridized carbons (Fsp3) is 0.222. The molecule has 0 radical (unpaired) electrons. The molecule has 2 rings (SSSR count). The predicted molar refractivity (Wildman–Crippen MR) is 92.7 cm³/mol. The minimum atomic E-state index is -0.326. The fourth-order valence-electron chi connectivity index (χ4n) is 1.93. The maximum absolute atomic E-state index is 12.0. The third-order valence-corrected chi connectivity index (χ3v) is 3.43. The summed E-state index contributed by atoms with van der Waals surface area (Å²) in [5, 5.41) is 8.36. The van der Waals surface area contributed by atoms with E-state index in [-0.39, 0.29) is 18.0 Å². The van der Waals surface area contributed by atoms with Gasteiger partial charge in [0.2, 0.25) is 0 Å². The second-order valence-corrected chi connectivity index (χ2v) is 5.31. The lowest BCUT2D eigenvalue weighted by Crippen LogP contribution is -2.31. The van der Waals surface area contributed by atoms with E-state index in [1.54, 1.807) is 24.3 Å². The van der Waals surface area contributed by atoms with E-state index in [0.29, 0.717) is 11.3 Å². The Kier molecular flexibility index (Phi) is 5.74. The van der Waals surface area contributed by atoms with Crippen LogP contribution in [0.15, 0.2) is 54.6 Å². The molecule has 0 aliphatic heterocycles. The molecule has 0 saturated carbocycles. The molecule has 23 heavy (non-hydrogen) atoms. The van der Waals surface area contributed by atoms with E-state index in [4.69, 9.17) is 0 Å². The van der Waals surface area contributed by atoms with Crippen molar-refractivity contribution in [2.24, 2.45) is 0 Å². The summed E-state index contributed by atoms with van der Waals surface area (Å²) < 4.78 is 0. The van der Waals surface area contributed by atoms with Gasteiger partial charge >= 0.3 is 6.03 Å². The summed E-state index contributed by atoms with van der Waals surface area (Å²) in [7, 11) is 0. The number of para-hydroxylation sites is 1. The molecular formula is C18H21N3O2. The fourth-order valence-corrected chi connectivity index (χ4v) is 1.93. The van der Waals surface area contributed by atoms with Crippen LogP contribution >= 0.6 is 0 Å². The highest BCUT2D eigenvalue weighted by Crippen LogP contribution is 2.11. The van der Waals surface area contributed by atoms with Gasteiger partial charge in [-0.2, -0.15) is 0 Å². The first-order chi connectivity index (χ1) is 11.1. The Morgan fingerprint density at radius 1 is 0.913 bits per heavy atom. The molecule has 2 aromatic carbocycles. The number of urea groups is 1. The van der Waals surface area contributed by atoms with Gasteiger partial charge in [-0.25, -0.2) is 4.79 Å². The van der Waals surface area contributed by atoms with Gasteiger partial charge in [0.05, 0.1) is 0 Å². The first-order valence-electron chi connectivity index (χ1n) is 7.62. The molecule has 3 N–H and O–H groups in total. The van der Waals surface area contributed by atoms with E-state index < -0.39 is 0 Å². The molecule has 0 bridgehead atoms. The standard InChI is InChI=1S/C18H21N3O2/c1-3-13(2)19-17(22)14-9-11-16(12-10-14)21-18(23)20-15-7-5-4-6-8-15/h4-13H,3H2,1-2H3,(H,19,22)(H2,20,21,23)/t13-/m0/s1. The second kappa shape index (κ2) is 7.98. The van der Waals surface area contributed by atoms with Crippen molar-refractivity contribution in [3.05, 3.63) is 60.2 Å². The molecule has 0 unspecified atom stereocenters. The smallest absolute Gasteiger partial charge is 0.323 e. The average molecular weight is 311 g/mol. The van der Waals surface area contributed by atoms with Crippen molar-refractivity contribution in [1.82, 2.24) is 5.32 Å². The number of rotatable bonds is 5. The van der Waals surface area contributed by atoms with Gasteiger partial charge in [-0.15, -0.1) is 0 Å². The van der Waals surface area contributed by atoms with Crippen molar-refractivity contribution in [3.63, 3.8) is 0 Å². The predicted octanol–water partition coefficient (Wildman–Crippen LogP) is 3.86. The van der Waals surface area contributed by atoms with E-state index in [9.17, 15) is 9.59 Å². The monoisotopic (exact) mass is 311 g/mol. The highest BCUT2D eigenvalue weighted by molar-refractivity contribution is 6.00. The molecule has 0 aliphatic rings. The molecular weight excluding hydrogens is 290 g/mol. The molecule has 120 valence electrons. The van der Waals surface area contributed by atoms with Crippen molar-refractivity contribution in [2.75, 3.05) is 10.6 Å². The average Bonchev–Trinajstić information content (AvgIpc) is 2.56. The molecule has 5 nitrogen and oxygen atoms in total. The minimum Gasteiger partial charge on any atom is -0.350 e. The highest BCUT2D eigenvalue weighted by Gasteiger charge is 2.09. The maximum atomic E-state index is 12.0. The van der Waals surface area contributed by atoms with Crippen LogP contribution in [-0.4, -0.2) is 18.0 Å². The lowest BCUT2D eigenvalue weighted by atomic mass is 10.1. The van der Waals surface area contributed by atoms with Crippen LogP contribution in [0.3, 0.4) is 0 Å². The molecule has 0 saturated heterocycles. The number of nitrogens with one attached hydrogen (secondary N) is 3. The Balaban J connectivity index is 1.92. The summed E-state index contributed by atoms with van der Waals surface area (Å²) in [5.41, 5.74) is 1.91. The van der Waals surface area contributed by atoms with Crippen molar-refractivity contribution in [1.29, 1.82) is 0 Å². The van der Waals surface area contributed by atoms with Crippen LogP contribution in [0.25, 0.3) is 0 Å². The van der Waals surface area contributed by atoms with Gasteiger partial charge in [-0.05, 0) is 49.7 Å². The topological polar surface area (TPSA) is 70.2 Å². The third kappa shape index (κ3) is 5.14. The zero-order valence-electron chi connectivity index (χ0n) is 13.3. The number of carbonyl (C=O) groups excluding carboxylic acids is 2. The summed E-state index contributed by atoms with van der Waals surface area (Å²) >= 11 is 0. The third-order valence-electron chi connectivity index (χ3n) is 3.43. The summed E-state index contributed by atoms with van der Waals surface area (Å²) in [5.74, 6) is -0.111. The van der Waals surface area contributed by atoms with Crippen LogP contribution in [0.4, 0.5) is 16.2 Å². The largest absolute Gasteiger partial charge is 0.350 e. The Labute approximate surface area is 136 Å². The number of hydrogen-bond acceptors (Lipinski definition) is 2. The molecule has 0 aromatic heterocycles. The number of carbonyl (C=O) groups is 2. The molecule has 0 spiro atoms. The van der Waals surface area contributed by atoms with Crippen LogP contribution in [0.1, 0.15) is 30.6 Å². The Morgan fingerprint density at radius 2 is 1.48 bits per heavy atom. The van der Waals surface area contributed by atoms with E-state index >= 15 is 0 Å². The van der Waals surface area contributed by atoms with Crippen LogP contribution in [0.2, 0.25) is 0 Å². The Bertz CT molecular complexity index is 654. The number of hydrogen-bond donors (Lipinski definition) is 3. The first kappa shape index (κ1) is 16.5. The summed E-state index contributed by atoms with van der Waals surface area (Å²) in [6.45, 7) is 3.98. The second-order valence-electron chi connectivity index (χ2n) is 5.31. The van der Waals surface area contributed by atoms with Crippen LogP contribution in [-0.2, 0) is 0 Å². The highest BCUT2D eigenvalue weighted by atomic mass is 16.2. The van der Waals surface area contributed by atoms with Gasteiger partial charge in [0.25, 0.3) is 5.91 Å². The number of amides is 3. The quantitative estimate of drug-likeness (QED) is 0.784. The minimum absolute atomic E-state index is 0.111. The normalized spacial score (nSPS) is 11.4. The summed E-state index contributed by atoms with van der Waals surface area (Å²) in [6.07, 6.45) is 0.880. The first-order valence-corrected chi connectivity index (χ1v) is 7.62. The molecule has 1 atom stereocenters. The maximum Gasteiger partial charge on any atom is 0.323 e. The molecule has 2 aromatic rings. The number of benzene rings is 2. The number of anilines is 2. The molecule has 0 heterocycles. The Morgan fingerprint density at radius 3 is 2.04 bits per heavy atom. The van der Waals surface area contributed by atoms with E-state index in [1.807, 2.05) is 44.2 Å². The van der Waals surface area contributed by atoms with Crippen LogP contribution in [0.5, 0.6) is 0 Å². The van der Waals surface area contributed by atoms with Crippen LogP contribution < -0.4 is 16.0 Å². The van der Waals surface area contributed by atoms with Gasteiger partial charge in [0, 0.05) is 23.0 Å². The molecule has 0 aliphatic carbocycles. The summed E-state index contributed by atoms with van der Waals surface area (Å²) in [6, 6.07) is 15.8. The van der Waals surface area contributed by atoms with E-state index in [1.165, 1.54) is 0 Å². The lowest BCUT2D eigenvalue weighted by Gasteiger charge is -2.12. The zero-order chi connectivity index (χ0) is 16.7. The molecule has 5 heteroatoms. The van der Waals surface area contributed by atoms with Crippen molar-refractivity contribution < 1.29 is 9.59 Å². The van der Waals surface area contributed by atoms with E-state index in [0.717, 1.165) is 12.1 Å². The van der Waals surface area contributed by atoms with Gasteiger partial charge in [0.1, 0.15) is 0 Å². The van der Waals surface area contributed by atoms with Crippen molar-refractivity contribution in [2.45, 2.75) is 26.3 Å². The van der Waals surface area contributed by atoms with Crippen LogP contribution in [0, 0.1) is 0 Å². The van der Waals surface area contributed by atoms with Gasteiger partial charge in [-0.3, -0.25) is 4.79 Å². The zero-order valence-corrected chi connectivity index (χ0v) is 13.3. The van der Waals surface area contributed by atoms with E-state index in [2.05, 4.69) is 16.0 Å². The summed E-state index contributed by atoms with van der Waals surface area (Å²) in [4.78, 5) is 23.9. The van der Waals surface area contributed by atoms with Crippen molar-refractivity contribution >= 4 is 23.3 Å². The molecule has 0 fully saturated rings. The van der Waals surface area contributed by atoms with Gasteiger partial charge in [-0.1, -0.05) is 25.1 Å². The van der Waals surface area contributed by atoms with Gasteiger partial charge < -0.3 is 16.0 Å². The lowest BCUT2D eigenvalue weighted by molar-refractivity contribution is 0.0939. The molecule has 3 amide bonds.